The van der Waals surface area contributed by atoms with Crippen LogP contribution in [0.4, 0.5) is 0 Å². The largest absolute Gasteiger partial charge is 0.352 e. The molecule has 0 aliphatic heterocycles. The second-order valence-corrected chi connectivity index (χ2v) is 6.74. The van der Waals surface area contributed by atoms with E-state index in [9.17, 15) is 4.79 Å². The molecule has 2 aromatic rings. The van der Waals surface area contributed by atoms with E-state index in [0.29, 0.717) is 6.54 Å². The Morgan fingerprint density at radius 3 is 3.29 bits per heavy atom. The van der Waals surface area contributed by atoms with Gasteiger partial charge in [-0.3, -0.25) is 9.48 Å². The van der Waals surface area contributed by atoms with Gasteiger partial charge in [-0.15, -0.1) is 11.3 Å². The molecular weight excluding hydrogens is 282 g/mol. The third-order valence-corrected chi connectivity index (χ3v) is 5.11. The van der Waals surface area contributed by atoms with Crippen molar-refractivity contribution >= 4 is 17.2 Å². The van der Waals surface area contributed by atoms with Crippen LogP contribution >= 0.6 is 11.3 Å². The molecule has 3 rings (SSSR count). The van der Waals surface area contributed by atoms with Crippen molar-refractivity contribution in [1.82, 2.24) is 15.1 Å². The Hall–Kier alpha value is -1.62. The molecule has 5 heteroatoms. The Balaban J connectivity index is 1.52. The predicted molar refractivity (Wildman–Crippen MR) is 84.7 cm³/mol. The lowest BCUT2D eigenvalue weighted by Gasteiger charge is -2.18. The highest BCUT2D eigenvalue weighted by Gasteiger charge is 2.22. The van der Waals surface area contributed by atoms with Crippen LogP contribution in [0.1, 0.15) is 40.6 Å². The number of aromatic nitrogens is 2. The predicted octanol–water partition coefficient (Wildman–Crippen LogP) is 2.89. The van der Waals surface area contributed by atoms with E-state index in [1.54, 1.807) is 17.5 Å². The summed E-state index contributed by atoms with van der Waals surface area (Å²) in [6.07, 6.45) is 8.00. The van der Waals surface area contributed by atoms with E-state index < -0.39 is 0 Å². The van der Waals surface area contributed by atoms with Gasteiger partial charge in [-0.1, -0.05) is 6.92 Å². The summed E-state index contributed by atoms with van der Waals surface area (Å²) in [6, 6.07) is 1.91. The van der Waals surface area contributed by atoms with Gasteiger partial charge in [0.25, 0.3) is 5.91 Å². The molecule has 21 heavy (non-hydrogen) atoms. The summed E-state index contributed by atoms with van der Waals surface area (Å²) < 4.78 is 1.89. The fourth-order valence-corrected chi connectivity index (χ4v) is 4.08. The van der Waals surface area contributed by atoms with Crippen molar-refractivity contribution in [2.24, 2.45) is 5.92 Å². The molecule has 0 spiro atoms. The number of aryl methyl sites for hydroxylation is 1. The molecule has 1 aliphatic rings. The van der Waals surface area contributed by atoms with Gasteiger partial charge in [0.2, 0.25) is 0 Å². The van der Waals surface area contributed by atoms with Crippen LogP contribution in [0, 0.1) is 5.92 Å². The summed E-state index contributed by atoms with van der Waals surface area (Å²) in [5, 5.41) is 9.22. The Morgan fingerprint density at radius 1 is 1.57 bits per heavy atom. The third-order valence-electron chi connectivity index (χ3n) is 4.06. The smallest absolute Gasteiger partial charge is 0.252 e. The summed E-state index contributed by atoms with van der Waals surface area (Å²) in [4.78, 5) is 13.7. The molecule has 0 aromatic carbocycles. The quantitative estimate of drug-likeness (QED) is 0.863. The number of rotatable bonds is 5. The van der Waals surface area contributed by atoms with Crippen molar-refractivity contribution in [3.8, 4) is 0 Å². The molecule has 1 unspecified atom stereocenters. The molecule has 0 bridgehead atoms. The van der Waals surface area contributed by atoms with Crippen LogP contribution < -0.4 is 5.32 Å². The molecule has 1 N–H and O–H groups in total. The highest BCUT2D eigenvalue weighted by molar-refractivity contribution is 7.10. The van der Waals surface area contributed by atoms with Crippen molar-refractivity contribution in [2.75, 3.05) is 6.54 Å². The zero-order valence-corrected chi connectivity index (χ0v) is 13.2. The van der Waals surface area contributed by atoms with Crippen LogP contribution in [0.5, 0.6) is 0 Å². The van der Waals surface area contributed by atoms with Crippen LogP contribution in [0.25, 0.3) is 0 Å². The molecule has 0 saturated carbocycles. The van der Waals surface area contributed by atoms with Crippen molar-refractivity contribution in [1.29, 1.82) is 0 Å². The van der Waals surface area contributed by atoms with E-state index in [-0.39, 0.29) is 5.91 Å². The maximum Gasteiger partial charge on any atom is 0.252 e. The normalized spacial score (nSPS) is 17.5. The number of carbonyl (C=O) groups excluding carboxylic acids is 1. The molecule has 1 atom stereocenters. The maximum absolute atomic E-state index is 12.3. The van der Waals surface area contributed by atoms with Crippen LogP contribution in [0.15, 0.2) is 23.8 Å². The molecule has 1 amide bonds. The summed E-state index contributed by atoms with van der Waals surface area (Å²) >= 11 is 1.75. The Morgan fingerprint density at radius 2 is 2.48 bits per heavy atom. The van der Waals surface area contributed by atoms with E-state index >= 15 is 0 Å². The molecule has 1 aliphatic carbocycles. The minimum Gasteiger partial charge on any atom is -0.352 e. The van der Waals surface area contributed by atoms with Crippen LogP contribution in [-0.2, 0) is 19.4 Å². The standard InChI is InChI=1S/C16H21N3OS/c1-12-4-5-13-14(11-21-15(13)10-12)16(20)17-6-2-8-19-9-3-7-18-19/h3,7,9,11-12H,2,4-6,8,10H2,1H3,(H,17,20). The molecule has 0 fully saturated rings. The minimum absolute atomic E-state index is 0.0857. The van der Waals surface area contributed by atoms with Gasteiger partial charge in [0.15, 0.2) is 0 Å². The fraction of sp³-hybridized carbons (Fsp3) is 0.500. The van der Waals surface area contributed by atoms with E-state index in [4.69, 9.17) is 0 Å². The molecule has 2 heterocycles. The van der Waals surface area contributed by atoms with E-state index in [1.807, 2.05) is 22.3 Å². The van der Waals surface area contributed by atoms with Gasteiger partial charge in [-0.05, 0) is 43.2 Å². The number of nitrogens with one attached hydrogen (secondary N) is 1. The van der Waals surface area contributed by atoms with Crippen molar-refractivity contribution < 1.29 is 4.79 Å². The lowest BCUT2D eigenvalue weighted by Crippen LogP contribution is -2.26. The Labute approximate surface area is 129 Å². The maximum atomic E-state index is 12.3. The third kappa shape index (κ3) is 3.35. The van der Waals surface area contributed by atoms with Gasteiger partial charge in [0.05, 0.1) is 5.56 Å². The second kappa shape index (κ2) is 6.43. The van der Waals surface area contributed by atoms with Gasteiger partial charge in [-0.25, -0.2) is 0 Å². The molecule has 112 valence electrons. The van der Waals surface area contributed by atoms with E-state index in [0.717, 1.165) is 37.3 Å². The van der Waals surface area contributed by atoms with Crippen molar-refractivity contribution in [3.63, 3.8) is 0 Å². The number of hydrogen-bond donors (Lipinski definition) is 1. The molecule has 2 aromatic heterocycles. The van der Waals surface area contributed by atoms with Crippen molar-refractivity contribution in [2.45, 2.75) is 39.2 Å². The number of amides is 1. The SMILES string of the molecule is CC1CCc2c(C(=O)NCCCn3cccn3)csc2C1. The van der Waals surface area contributed by atoms with Gasteiger partial charge < -0.3 is 5.32 Å². The molecule has 0 saturated heterocycles. The van der Waals surface area contributed by atoms with Gasteiger partial charge in [-0.2, -0.15) is 5.10 Å². The summed E-state index contributed by atoms with van der Waals surface area (Å²) in [5.41, 5.74) is 2.20. The number of hydrogen-bond acceptors (Lipinski definition) is 3. The number of thiophene rings is 1. The van der Waals surface area contributed by atoms with E-state index in [1.165, 1.54) is 16.9 Å². The lowest BCUT2D eigenvalue weighted by atomic mass is 9.88. The first kappa shape index (κ1) is 14.3. The van der Waals surface area contributed by atoms with Gasteiger partial charge in [0, 0.05) is 35.7 Å². The van der Waals surface area contributed by atoms with Crippen LogP contribution in [0.2, 0.25) is 0 Å². The minimum atomic E-state index is 0.0857. The number of nitrogens with zero attached hydrogens (tertiary/aromatic N) is 2. The molecular formula is C16H21N3OS. The average Bonchev–Trinajstić information content (AvgIpc) is 3.12. The average molecular weight is 303 g/mol. The van der Waals surface area contributed by atoms with Crippen LogP contribution in [0.3, 0.4) is 0 Å². The summed E-state index contributed by atoms with van der Waals surface area (Å²) in [5.74, 6) is 0.837. The fourth-order valence-electron chi connectivity index (χ4n) is 2.84. The first-order valence-electron chi connectivity index (χ1n) is 7.59. The zero-order chi connectivity index (χ0) is 14.7. The van der Waals surface area contributed by atoms with E-state index in [2.05, 4.69) is 17.3 Å². The highest BCUT2D eigenvalue weighted by Crippen LogP contribution is 2.32. The highest BCUT2D eigenvalue weighted by atomic mass is 32.1. The summed E-state index contributed by atoms with van der Waals surface area (Å²) in [6.45, 7) is 3.82. The topological polar surface area (TPSA) is 46.9 Å². The zero-order valence-electron chi connectivity index (χ0n) is 12.3. The first-order chi connectivity index (χ1) is 10.2. The van der Waals surface area contributed by atoms with Gasteiger partial charge >= 0.3 is 0 Å². The Bertz CT molecular complexity index is 603. The number of fused-ring (bicyclic) bond motifs is 1. The first-order valence-corrected chi connectivity index (χ1v) is 8.47. The molecule has 4 nitrogen and oxygen atoms in total. The summed E-state index contributed by atoms with van der Waals surface area (Å²) in [7, 11) is 0. The van der Waals surface area contributed by atoms with Crippen LogP contribution in [-0.4, -0.2) is 22.2 Å². The second-order valence-electron chi connectivity index (χ2n) is 5.78. The Kier molecular flexibility index (Phi) is 4.39. The molecule has 0 radical (unpaired) electrons. The van der Waals surface area contributed by atoms with Gasteiger partial charge in [0.1, 0.15) is 0 Å². The monoisotopic (exact) mass is 303 g/mol. The number of carbonyl (C=O) groups is 1. The van der Waals surface area contributed by atoms with Crippen molar-refractivity contribution in [3.05, 3.63) is 39.8 Å². The lowest BCUT2D eigenvalue weighted by molar-refractivity contribution is 0.0952.